The van der Waals surface area contributed by atoms with Gasteiger partial charge in [-0.3, -0.25) is 0 Å². The van der Waals surface area contributed by atoms with Gasteiger partial charge < -0.3 is 25.2 Å². The first-order valence-corrected chi connectivity index (χ1v) is 7.94. The molecule has 8 heteroatoms. The third-order valence-electron chi connectivity index (χ3n) is 3.90. The van der Waals surface area contributed by atoms with Crippen LogP contribution >= 0.6 is 35.0 Å². The molecule has 1 aromatic rings. The van der Waals surface area contributed by atoms with Gasteiger partial charge in [-0.2, -0.15) is 0 Å². The molecule has 5 nitrogen and oxygen atoms in total. The summed E-state index contributed by atoms with van der Waals surface area (Å²) in [6.45, 7) is -0.186. The number of halogens is 2. The van der Waals surface area contributed by atoms with E-state index < -0.39 is 12.2 Å². The number of hydrogen-bond donors (Lipinski definition) is 3. The fourth-order valence-corrected chi connectivity index (χ4v) is 4.80. The maximum Gasteiger partial charge on any atom is 0.151 e. The van der Waals surface area contributed by atoms with Crippen molar-refractivity contribution in [2.75, 3.05) is 16.8 Å². The topological polar surface area (TPSA) is 65.0 Å². The highest BCUT2D eigenvalue weighted by Crippen LogP contribution is 2.52. The lowest BCUT2D eigenvalue weighted by Gasteiger charge is -2.24. The third kappa shape index (κ3) is 1.70. The normalized spacial score (nSPS) is 37.6. The van der Waals surface area contributed by atoms with Gasteiger partial charge in [0.2, 0.25) is 0 Å². The number of nitrogens with one attached hydrogen (secondary N) is 1. The van der Waals surface area contributed by atoms with Crippen LogP contribution in [0.3, 0.4) is 0 Å². The molecule has 0 bridgehead atoms. The summed E-state index contributed by atoms with van der Waals surface area (Å²) in [5.74, 6) is 0. The zero-order valence-corrected chi connectivity index (χ0v) is 12.5. The Kier molecular flexibility index (Phi) is 3.03. The molecule has 20 heavy (non-hydrogen) atoms. The molecule has 3 aliphatic heterocycles. The van der Waals surface area contributed by atoms with Gasteiger partial charge in [-0.15, -0.1) is 11.8 Å². The number of fused-ring (bicyclic) bond motifs is 5. The fraction of sp³-hybridized carbons (Fsp3) is 0.500. The summed E-state index contributed by atoms with van der Waals surface area (Å²) < 4.78 is 5.78. The van der Waals surface area contributed by atoms with E-state index in [9.17, 15) is 10.2 Å². The quantitative estimate of drug-likeness (QED) is 0.726. The Morgan fingerprint density at radius 3 is 2.85 bits per heavy atom. The number of ether oxygens (including phenoxy) is 1. The number of aliphatic hydroxyl groups is 2. The van der Waals surface area contributed by atoms with Crippen LogP contribution in [0.15, 0.2) is 12.1 Å². The van der Waals surface area contributed by atoms with Crippen LogP contribution in [0.2, 0.25) is 10.0 Å². The lowest BCUT2D eigenvalue weighted by molar-refractivity contribution is -0.0221. The van der Waals surface area contributed by atoms with E-state index >= 15 is 0 Å². The summed E-state index contributed by atoms with van der Waals surface area (Å²) >= 11 is 13.7. The van der Waals surface area contributed by atoms with E-state index in [1.54, 1.807) is 23.9 Å². The lowest BCUT2D eigenvalue weighted by Crippen LogP contribution is -2.37. The minimum atomic E-state index is -0.673. The summed E-state index contributed by atoms with van der Waals surface area (Å²) in [6.07, 6.45) is -1.48. The Morgan fingerprint density at radius 2 is 2.10 bits per heavy atom. The molecule has 0 saturated carbocycles. The predicted molar refractivity (Wildman–Crippen MR) is 79.5 cm³/mol. The molecular formula is C12H12Cl2N2O3S. The zero-order chi connectivity index (χ0) is 14.0. The first-order chi connectivity index (χ1) is 9.60. The molecule has 0 radical (unpaired) electrons. The van der Waals surface area contributed by atoms with Crippen molar-refractivity contribution in [2.45, 2.75) is 29.2 Å². The van der Waals surface area contributed by atoms with E-state index in [4.69, 9.17) is 27.9 Å². The van der Waals surface area contributed by atoms with Crippen LogP contribution in [0.1, 0.15) is 0 Å². The molecule has 0 amide bonds. The fourth-order valence-electron chi connectivity index (χ4n) is 2.95. The van der Waals surface area contributed by atoms with Gasteiger partial charge in [0.15, 0.2) is 5.50 Å². The van der Waals surface area contributed by atoms with E-state index in [1.807, 2.05) is 4.90 Å². The van der Waals surface area contributed by atoms with Gasteiger partial charge in [0.1, 0.15) is 12.3 Å². The summed E-state index contributed by atoms with van der Waals surface area (Å²) in [7, 11) is 0. The maximum absolute atomic E-state index is 10.2. The van der Waals surface area contributed by atoms with Crippen LogP contribution in [0, 0.1) is 0 Å². The van der Waals surface area contributed by atoms with Gasteiger partial charge >= 0.3 is 0 Å². The zero-order valence-electron chi connectivity index (χ0n) is 10.2. The molecule has 2 saturated heterocycles. The van der Waals surface area contributed by atoms with E-state index in [1.165, 1.54) is 0 Å². The Morgan fingerprint density at radius 1 is 1.35 bits per heavy atom. The average Bonchev–Trinajstić information content (AvgIpc) is 3.01. The number of rotatable bonds is 1. The number of aliphatic hydroxyl groups excluding tert-OH is 2. The Labute approximate surface area is 129 Å². The number of benzene rings is 1. The van der Waals surface area contributed by atoms with E-state index in [0.717, 1.165) is 11.4 Å². The molecule has 5 atom stereocenters. The highest BCUT2D eigenvalue weighted by molar-refractivity contribution is 8.01. The second-order valence-corrected chi connectivity index (χ2v) is 7.10. The van der Waals surface area contributed by atoms with Gasteiger partial charge in [-0.05, 0) is 12.1 Å². The third-order valence-corrected chi connectivity index (χ3v) is 6.05. The molecule has 1 unspecified atom stereocenters. The molecular weight excluding hydrogens is 323 g/mol. The first kappa shape index (κ1) is 13.3. The molecule has 0 aromatic heterocycles. The number of anilines is 2. The van der Waals surface area contributed by atoms with Crippen molar-refractivity contribution in [2.24, 2.45) is 0 Å². The van der Waals surface area contributed by atoms with Crippen molar-refractivity contribution in [3.05, 3.63) is 22.2 Å². The highest BCUT2D eigenvalue weighted by Gasteiger charge is 2.56. The largest absolute Gasteiger partial charge is 0.394 e. The van der Waals surface area contributed by atoms with Gasteiger partial charge in [-0.25, -0.2) is 0 Å². The van der Waals surface area contributed by atoms with Crippen LogP contribution < -0.4 is 10.2 Å². The van der Waals surface area contributed by atoms with Crippen LogP contribution in [0.5, 0.6) is 0 Å². The highest BCUT2D eigenvalue weighted by atomic mass is 35.5. The Bertz CT molecular complexity index is 576. The molecule has 4 rings (SSSR count). The molecule has 2 fully saturated rings. The molecule has 0 aliphatic carbocycles. The molecule has 108 valence electrons. The Hall–Kier alpha value is -0.370. The van der Waals surface area contributed by atoms with Crippen LogP contribution in [0.4, 0.5) is 11.4 Å². The molecule has 0 spiro atoms. The van der Waals surface area contributed by atoms with Crippen molar-refractivity contribution in [1.29, 1.82) is 0 Å². The standard InChI is InChI=1S/C12H12Cl2N2O3S/c13-4-1-6-7(2-5(4)14)16-11-10(20-12(16)15-6)9(18)8(3-17)19-11/h1-2,8-12,15,17-18H,3H2/t8-,9-,10+,11+,12?/m1/s1. The van der Waals surface area contributed by atoms with E-state index in [-0.39, 0.29) is 23.6 Å². The van der Waals surface area contributed by atoms with Gasteiger partial charge in [0, 0.05) is 0 Å². The van der Waals surface area contributed by atoms with Gasteiger partial charge in [0.25, 0.3) is 0 Å². The van der Waals surface area contributed by atoms with Crippen LogP contribution in [-0.4, -0.2) is 46.0 Å². The summed E-state index contributed by atoms with van der Waals surface area (Å²) in [4.78, 5) is 2.05. The number of thioether (sulfide) groups is 1. The van der Waals surface area contributed by atoms with E-state index in [0.29, 0.717) is 10.0 Å². The van der Waals surface area contributed by atoms with Gasteiger partial charge in [0.05, 0.1) is 39.4 Å². The van der Waals surface area contributed by atoms with Crippen LogP contribution in [0.25, 0.3) is 0 Å². The van der Waals surface area contributed by atoms with Gasteiger partial charge in [-0.1, -0.05) is 23.2 Å². The number of nitrogens with zero attached hydrogens (tertiary/aromatic N) is 1. The van der Waals surface area contributed by atoms with Crippen LogP contribution in [-0.2, 0) is 4.74 Å². The average molecular weight is 335 g/mol. The lowest BCUT2D eigenvalue weighted by atomic mass is 10.1. The van der Waals surface area contributed by atoms with Crippen molar-refractivity contribution in [3.63, 3.8) is 0 Å². The minimum Gasteiger partial charge on any atom is -0.394 e. The smallest absolute Gasteiger partial charge is 0.151 e. The van der Waals surface area contributed by atoms with Crippen molar-refractivity contribution in [1.82, 2.24) is 0 Å². The number of hydrogen-bond acceptors (Lipinski definition) is 6. The summed E-state index contributed by atoms with van der Waals surface area (Å²) in [5, 5.41) is 23.6. The summed E-state index contributed by atoms with van der Waals surface area (Å²) in [6, 6.07) is 3.60. The predicted octanol–water partition coefficient (Wildman–Crippen LogP) is 1.70. The second kappa shape index (κ2) is 4.56. The molecule has 3 aliphatic rings. The van der Waals surface area contributed by atoms with Crippen molar-refractivity contribution >= 4 is 46.3 Å². The Balaban J connectivity index is 1.72. The van der Waals surface area contributed by atoms with Crippen molar-refractivity contribution in [3.8, 4) is 0 Å². The molecule has 3 N–H and O–H groups in total. The summed E-state index contributed by atoms with van der Waals surface area (Å²) in [5.41, 5.74) is 1.81. The maximum atomic E-state index is 10.2. The van der Waals surface area contributed by atoms with Crippen molar-refractivity contribution < 1.29 is 14.9 Å². The minimum absolute atomic E-state index is 0.0103. The van der Waals surface area contributed by atoms with E-state index in [2.05, 4.69) is 5.32 Å². The molecule has 3 heterocycles. The monoisotopic (exact) mass is 334 g/mol. The molecule has 1 aromatic carbocycles. The first-order valence-electron chi connectivity index (χ1n) is 6.24. The SMILES string of the molecule is OC[C@H]1O[C@H]2[C@@H](SC3Nc4cc(Cl)c(Cl)cc4N32)[C@@H]1O. The second-order valence-electron chi connectivity index (χ2n) is 5.03.